The zero-order chi connectivity index (χ0) is 26.9. The summed E-state index contributed by atoms with van der Waals surface area (Å²) in [5.41, 5.74) is 9.13. The molecule has 5 heterocycles. The Hall–Kier alpha value is -5.21. The van der Waals surface area contributed by atoms with Crippen molar-refractivity contribution in [2.75, 3.05) is 0 Å². The molecule has 0 radical (unpaired) electrons. The van der Waals surface area contributed by atoms with Gasteiger partial charge in [-0.05, 0) is 59.7 Å². The second-order valence-corrected chi connectivity index (χ2v) is 9.67. The molecule has 2 aromatic carbocycles. The summed E-state index contributed by atoms with van der Waals surface area (Å²) in [6, 6.07) is 24.9. The van der Waals surface area contributed by atoms with Crippen LogP contribution in [0.2, 0.25) is 0 Å². The average molecular weight is 526 g/mol. The summed E-state index contributed by atoms with van der Waals surface area (Å²) in [5.74, 6) is -0.277. The van der Waals surface area contributed by atoms with Crippen LogP contribution < -0.4 is 5.32 Å². The van der Waals surface area contributed by atoms with Crippen LogP contribution in [0.1, 0.15) is 11.1 Å². The van der Waals surface area contributed by atoms with Gasteiger partial charge in [0.1, 0.15) is 11.5 Å². The Bertz CT molecular complexity index is 1940. The van der Waals surface area contributed by atoms with E-state index in [9.17, 15) is 4.39 Å². The second-order valence-electron chi connectivity index (χ2n) is 9.67. The van der Waals surface area contributed by atoms with Crippen molar-refractivity contribution in [3.05, 3.63) is 121 Å². The van der Waals surface area contributed by atoms with Gasteiger partial charge < -0.3 is 10.3 Å². The van der Waals surface area contributed by atoms with Crippen LogP contribution in [0.5, 0.6) is 0 Å². The van der Waals surface area contributed by atoms with Gasteiger partial charge in [0.2, 0.25) is 0 Å². The highest BCUT2D eigenvalue weighted by Crippen LogP contribution is 2.34. The number of aromatic nitrogens is 6. The highest BCUT2D eigenvalue weighted by Gasteiger charge is 2.16. The van der Waals surface area contributed by atoms with E-state index in [2.05, 4.69) is 59.7 Å². The van der Waals surface area contributed by atoms with Crippen molar-refractivity contribution in [1.82, 2.24) is 35.5 Å². The molecule has 0 amide bonds. The van der Waals surface area contributed by atoms with Crippen LogP contribution in [-0.2, 0) is 13.1 Å². The monoisotopic (exact) mass is 525 g/mol. The predicted octanol–water partition coefficient (Wildman–Crippen LogP) is 6.66. The standard InChI is InChI=1S/C32H24FN7/c33-25-8-6-22(7-9-25)30-26-14-29(38-28(26)10-11-36-30)31-27-13-24(19-37-32(27)40-39-31)23-12-21(17-35-18-23)16-34-15-20-4-2-1-3-5-20/h1-14,17-19,34,38H,15-16H2,(H,37,39,40). The minimum Gasteiger partial charge on any atom is -0.353 e. The average Bonchev–Trinajstić information content (AvgIpc) is 3.62. The molecule has 7 rings (SSSR count). The normalized spacial score (nSPS) is 11.4. The Morgan fingerprint density at radius 2 is 1.52 bits per heavy atom. The lowest BCUT2D eigenvalue weighted by Crippen LogP contribution is -2.12. The van der Waals surface area contributed by atoms with E-state index in [0.29, 0.717) is 12.2 Å². The van der Waals surface area contributed by atoms with Crippen molar-refractivity contribution < 1.29 is 4.39 Å². The van der Waals surface area contributed by atoms with Gasteiger partial charge in [-0.15, -0.1) is 0 Å². The van der Waals surface area contributed by atoms with Crippen LogP contribution >= 0.6 is 0 Å². The lowest BCUT2D eigenvalue weighted by molar-refractivity contribution is 0.628. The van der Waals surface area contributed by atoms with Crippen LogP contribution in [0.4, 0.5) is 4.39 Å². The fourth-order valence-corrected chi connectivity index (χ4v) is 4.97. The molecule has 5 aromatic heterocycles. The number of benzene rings is 2. The number of nitrogens with one attached hydrogen (secondary N) is 3. The molecule has 7 aromatic rings. The first-order valence-corrected chi connectivity index (χ1v) is 13.0. The first-order chi connectivity index (χ1) is 19.7. The molecule has 0 saturated heterocycles. The summed E-state index contributed by atoms with van der Waals surface area (Å²) in [5, 5.41) is 13.0. The van der Waals surface area contributed by atoms with E-state index in [0.717, 1.165) is 62.2 Å². The molecule has 8 heteroatoms. The molecule has 194 valence electrons. The van der Waals surface area contributed by atoms with Gasteiger partial charge in [-0.2, -0.15) is 5.10 Å². The molecular weight excluding hydrogens is 501 g/mol. The van der Waals surface area contributed by atoms with Crippen LogP contribution in [0.15, 0.2) is 104 Å². The second kappa shape index (κ2) is 10.2. The maximum atomic E-state index is 13.5. The number of aromatic amines is 2. The van der Waals surface area contributed by atoms with Crippen LogP contribution in [0.3, 0.4) is 0 Å². The number of H-pyrrole nitrogens is 2. The summed E-state index contributed by atoms with van der Waals surface area (Å²) in [6.07, 6.45) is 7.32. The molecule has 0 saturated carbocycles. The minimum absolute atomic E-state index is 0.277. The van der Waals surface area contributed by atoms with Crippen molar-refractivity contribution in [3.8, 4) is 33.8 Å². The van der Waals surface area contributed by atoms with Gasteiger partial charge in [-0.1, -0.05) is 30.3 Å². The molecule has 40 heavy (non-hydrogen) atoms. The predicted molar refractivity (Wildman–Crippen MR) is 155 cm³/mol. The molecule has 0 unspecified atom stereocenters. The number of nitrogens with zero attached hydrogens (tertiary/aromatic N) is 4. The smallest absolute Gasteiger partial charge is 0.155 e. The Labute approximate surface area is 229 Å². The number of fused-ring (bicyclic) bond motifs is 2. The third-order valence-corrected chi connectivity index (χ3v) is 6.97. The highest BCUT2D eigenvalue weighted by atomic mass is 19.1. The summed E-state index contributed by atoms with van der Waals surface area (Å²) >= 11 is 0. The lowest BCUT2D eigenvalue weighted by atomic mass is 10.1. The van der Waals surface area contributed by atoms with Crippen molar-refractivity contribution in [1.29, 1.82) is 0 Å². The third-order valence-electron chi connectivity index (χ3n) is 6.97. The molecule has 0 spiro atoms. The SMILES string of the molecule is Fc1ccc(-c2nccc3[nH]c(-c4n[nH]c5ncc(-c6cncc(CNCc7ccccc7)c6)cc45)cc23)cc1. The first kappa shape index (κ1) is 23.9. The number of halogens is 1. The zero-order valence-corrected chi connectivity index (χ0v) is 21.4. The van der Waals surface area contributed by atoms with Gasteiger partial charge in [-0.25, -0.2) is 9.37 Å². The molecule has 3 N–H and O–H groups in total. The van der Waals surface area contributed by atoms with Gasteiger partial charge in [-0.3, -0.25) is 15.1 Å². The molecule has 0 bridgehead atoms. The van der Waals surface area contributed by atoms with Gasteiger partial charge in [0.05, 0.1) is 11.4 Å². The number of hydrogen-bond donors (Lipinski definition) is 3. The molecular formula is C32H24FN7. The molecule has 0 atom stereocenters. The third kappa shape index (κ3) is 4.61. The Morgan fingerprint density at radius 3 is 2.40 bits per heavy atom. The van der Waals surface area contributed by atoms with Crippen LogP contribution in [0.25, 0.3) is 55.7 Å². The van der Waals surface area contributed by atoms with Crippen LogP contribution in [-0.4, -0.2) is 30.1 Å². The van der Waals surface area contributed by atoms with Gasteiger partial charge in [0, 0.05) is 70.9 Å². The summed E-state index contributed by atoms with van der Waals surface area (Å²) < 4.78 is 13.5. The molecule has 7 nitrogen and oxygen atoms in total. The summed E-state index contributed by atoms with van der Waals surface area (Å²) in [6.45, 7) is 1.50. The summed E-state index contributed by atoms with van der Waals surface area (Å²) in [4.78, 5) is 17.2. The van der Waals surface area contributed by atoms with E-state index in [1.807, 2.05) is 48.9 Å². The lowest BCUT2D eigenvalue weighted by Gasteiger charge is -2.07. The molecule has 0 aliphatic heterocycles. The van der Waals surface area contributed by atoms with Crippen molar-refractivity contribution in [3.63, 3.8) is 0 Å². The fourth-order valence-electron chi connectivity index (χ4n) is 4.97. The Balaban J connectivity index is 1.20. The van der Waals surface area contributed by atoms with Crippen molar-refractivity contribution in [2.24, 2.45) is 0 Å². The van der Waals surface area contributed by atoms with E-state index in [1.165, 1.54) is 17.7 Å². The maximum absolute atomic E-state index is 13.5. The Kier molecular flexibility index (Phi) is 6.07. The quantitative estimate of drug-likeness (QED) is 0.216. The molecule has 0 fully saturated rings. The van der Waals surface area contributed by atoms with E-state index in [-0.39, 0.29) is 5.82 Å². The highest BCUT2D eigenvalue weighted by molar-refractivity contribution is 5.99. The maximum Gasteiger partial charge on any atom is 0.155 e. The minimum atomic E-state index is -0.277. The largest absolute Gasteiger partial charge is 0.353 e. The van der Waals surface area contributed by atoms with Crippen molar-refractivity contribution >= 4 is 21.9 Å². The molecule has 0 aliphatic rings. The van der Waals surface area contributed by atoms with E-state index < -0.39 is 0 Å². The Morgan fingerprint density at radius 1 is 0.700 bits per heavy atom. The van der Waals surface area contributed by atoms with Crippen LogP contribution in [0, 0.1) is 5.82 Å². The number of hydrogen-bond acceptors (Lipinski definition) is 5. The van der Waals surface area contributed by atoms with Gasteiger partial charge >= 0.3 is 0 Å². The van der Waals surface area contributed by atoms with E-state index in [1.54, 1.807) is 18.3 Å². The van der Waals surface area contributed by atoms with E-state index in [4.69, 9.17) is 0 Å². The fraction of sp³-hybridized carbons (Fsp3) is 0.0625. The van der Waals surface area contributed by atoms with E-state index >= 15 is 0 Å². The number of rotatable bonds is 7. The zero-order valence-electron chi connectivity index (χ0n) is 21.4. The number of pyridine rings is 3. The van der Waals surface area contributed by atoms with Crippen molar-refractivity contribution in [2.45, 2.75) is 13.1 Å². The topological polar surface area (TPSA) is 95.2 Å². The van der Waals surface area contributed by atoms with Gasteiger partial charge in [0.15, 0.2) is 5.65 Å². The van der Waals surface area contributed by atoms with Gasteiger partial charge in [0.25, 0.3) is 0 Å². The summed E-state index contributed by atoms with van der Waals surface area (Å²) in [7, 11) is 0. The first-order valence-electron chi connectivity index (χ1n) is 13.0. The molecule has 0 aliphatic carbocycles.